The largest absolute Gasteiger partial charge is 0.353 e. The standard InChI is InChI=1S/C14H25N3O2/c18-13(16-12-7-8-12)6-5-9-15-14(19)17-10-3-1-2-4-11-17/h12H,1-11H2,(H,15,19)(H,16,18). The molecule has 0 radical (unpaired) electrons. The van der Waals surface area contributed by atoms with Gasteiger partial charge >= 0.3 is 6.03 Å². The van der Waals surface area contributed by atoms with Crippen molar-refractivity contribution in [2.24, 2.45) is 0 Å². The molecule has 1 saturated carbocycles. The van der Waals surface area contributed by atoms with Gasteiger partial charge in [-0.1, -0.05) is 12.8 Å². The molecular formula is C14H25N3O2. The van der Waals surface area contributed by atoms with Crippen LogP contribution in [0.2, 0.25) is 0 Å². The third kappa shape index (κ3) is 5.49. The van der Waals surface area contributed by atoms with Gasteiger partial charge in [-0.2, -0.15) is 0 Å². The summed E-state index contributed by atoms with van der Waals surface area (Å²) in [6.45, 7) is 2.33. The van der Waals surface area contributed by atoms with Crippen LogP contribution in [0.4, 0.5) is 4.79 Å². The second-order valence-electron chi connectivity index (χ2n) is 5.58. The fourth-order valence-electron chi connectivity index (χ4n) is 2.36. The third-order valence-electron chi connectivity index (χ3n) is 3.69. The van der Waals surface area contributed by atoms with Crippen molar-refractivity contribution in [2.75, 3.05) is 19.6 Å². The zero-order chi connectivity index (χ0) is 13.5. The van der Waals surface area contributed by atoms with E-state index < -0.39 is 0 Å². The van der Waals surface area contributed by atoms with E-state index in [2.05, 4.69) is 10.6 Å². The fourth-order valence-corrected chi connectivity index (χ4v) is 2.36. The molecule has 0 aromatic heterocycles. The maximum absolute atomic E-state index is 11.9. The minimum atomic E-state index is 0.0319. The molecule has 5 nitrogen and oxygen atoms in total. The van der Waals surface area contributed by atoms with Crippen LogP contribution in [0.15, 0.2) is 0 Å². The molecule has 2 aliphatic rings. The van der Waals surface area contributed by atoms with Gasteiger partial charge in [-0.05, 0) is 32.1 Å². The third-order valence-corrected chi connectivity index (χ3v) is 3.69. The predicted molar refractivity (Wildman–Crippen MR) is 73.8 cm³/mol. The monoisotopic (exact) mass is 267 g/mol. The minimum absolute atomic E-state index is 0.0319. The lowest BCUT2D eigenvalue weighted by Crippen LogP contribution is -2.41. The van der Waals surface area contributed by atoms with Crippen LogP contribution < -0.4 is 10.6 Å². The molecule has 0 bridgehead atoms. The van der Waals surface area contributed by atoms with Crippen LogP contribution in [-0.4, -0.2) is 42.5 Å². The highest BCUT2D eigenvalue weighted by Gasteiger charge is 2.22. The van der Waals surface area contributed by atoms with E-state index >= 15 is 0 Å². The van der Waals surface area contributed by atoms with Crippen molar-refractivity contribution in [2.45, 2.75) is 57.4 Å². The highest BCUT2D eigenvalue weighted by atomic mass is 16.2. The van der Waals surface area contributed by atoms with Crippen LogP contribution >= 0.6 is 0 Å². The first-order valence-electron chi connectivity index (χ1n) is 7.58. The van der Waals surface area contributed by atoms with Gasteiger partial charge in [0.2, 0.25) is 5.91 Å². The first-order valence-corrected chi connectivity index (χ1v) is 7.58. The van der Waals surface area contributed by atoms with E-state index in [1.165, 1.54) is 12.8 Å². The normalized spacial score (nSPS) is 19.7. The molecule has 5 heteroatoms. The Balaban J connectivity index is 1.53. The Morgan fingerprint density at radius 3 is 2.37 bits per heavy atom. The number of urea groups is 1. The minimum Gasteiger partial charge on any atom is -0.353 e. The molecule has 1 heterocycles. The van der Waals surface area contributed by atoms with Crippen LogP contribution in [0.1, 0.15) is 51.4 Å². The number of nitrogens with one attached hydrogen (secondary N) is 2. The van der Waals surface area contributed by atoms with Crippen molar-refractivity contribution >= 4 is 11.9 Å². The van der Waals surface area contributed by atoms with Gasteiger partial charge in [-0.15, -0.1) is 0 Å². The lowest BCUT2D eigenvalue weighted by Gasteiger charge is -2.20. The molecule has 2 N–H and O–H groups in total. The molecule has 1 aliphatic heterocycles. The lowest BCUT2D eigenvalue weighted by atomic mass is 10.2. The predicted octanol–water partition coefficient (Wildman–Crippen LogP) is 1.63. The summed E-state index contributed by atoms with van der Waals surface area (Å²) in [6.07, 6.45) is 8.15. The number of hydrogen-bond donors (Lipinski definition) is 2. The SMILES string of the molecule is O=C(CCCNC(=O)N1CCCCCC1)NC1CC1. The number of carbonyl (C=O) groups excluding carboxylic acids is 2. The van der Waals surface area contributed by atoms with Crippen molar-refractivity contribution in [1.82, 2.24) is 15.5 Å². The summed E-state index contributed by atoms with van der Waals surface area (Å²) >= 11 is 0. The Hall–Kier alpha value is -1.26. The molecule has 2 rings (SSSR count). The number of amides is 3. The van der Waals surface area contributed by atoms with Crippen LogP contribution in [0.25, 0.3) is 0 Å². The molecule has 3 amide bonds. The first kappa shape index (κ1) is 14.2. The van der Waals surface area contributed by atoms with Crippen molar-refractivity contribution in [1.29, 1.82) is 0 Å². The summed E-state index contributed by atoms with van der Waals surface area (Å²) in [4.78, 5) is 25.2. The van der Waals surface area contributed by atoms with Crippen LogP contribution in [-0.2, 0) is 4.79 Å². The average Bonchev–Trinajstić information content (AvgIpc) is 3.20. The highest BCUT2D eigenvalue weighted by Crippen LogP contribution is 2.18. The molecule has 2 fully saturated rings. The number of nitrogens with zero attached hydrogens (tertiary/aromatic N) is 1. The van der Waals surface area contributed by atoms with Crippen molar-refractivity contribution in [3.05, 3.63) is 0 Å². The van der Waals surface area contributed by atoms with E-state index in [1.807, 2.05) is 4.90 Å². The average molecular weight is 267 g/mol. The van der Waals surface area contributed by atoms with Crippen molar-refractivity contribution in [3.63, 3.8) is 0 Å². The summed E-state index contributed by atoms with van der Waals surface area (Å²) in [5.74, 6) is 0.117. The summed E-state index contributed by atoms with van der Waals surface area (Å²) in [5, 5.41) is 5.86. The Labute approximate surface area is 115 Å². The van der Waals surface area contributed by atoms with Gasteiger partial charge in [0, 0.05) is 32.1 Å². The zero-order valence-electron chi connectivity index (χ0n) is 11.6. The van der Waals surface area contributed by atoms with E-state index in [-0.39, 0.29) is 11.9 Å². The quantitative estimate of drug-likeness (QED) is 0.744. The number of carbonyl (C=O) groups is 2. The van der Waals surface area contributed by atoms with Crippen molar-refractivity contribution < 1.29 is 9.59 Å². The summed E-state index contributed by atoms with van der Waals surface area (Å²) in [6, 6.07) is 0.462. The molecule has 0 unspecified atom stereocenters. The number of hydrogen-bond acceptors (Lipinski definition) is 2. The second-order valence-corrected chi connectivity index (χ2v) is 5.58. The van der Waals surface area contributed by atoms with Crippen LogP contribution in [0.5, 0.6) is 0 Å². The van der Waals surface area contributed by atoms with E-state index in [1.54, 1.807) is 0 Å². The first-order chi connectivity index (χ1) is 9.25. The second kappa shape index (κ2) is 7.36. The van der Waals surface area contributed by atoms with Gasteiger partial charge in [-0.3, -0.25) is 4.79 Å². The van der Waals surface area contributed by atoms with Gasteiger partial charge in [0.05, 0.1) is 0 Å². The summed E-state index contributed by atoms with van der Waals surface area (Å²) in [7, 11) is 0. The smallest absolute Gasteiger partial charge is 0.317 e. The molecule has 0 atom stereocenters. The lowest BCUT2D eigenvalue weighted by molar-refractivity contribution is -0.121. The Morgan fingerprint density at radius 1 is 1.05 bits per heavy atom. The Morgan fingerprint density at radius 2 is 1.74 bits per heavy atom. The highest BCUT2D eigenvalue weighted by molar-refractivity contribution is 5.77. The van der Waals surface area contributed by atoms with Gasteiger partial charge in [0.25, 0.3) is 0 Å². The zero-order valence-corrected chi connectivity index (χ0v) is 11.6. The Kier molecular flexibility index (Phi) is 5.48. The van der Waals surface area contributed by atoms with Crippen LogP contribution in [0, 0.1) is 0 Å². The van der Waals surface area contributed by atoms with Gasteiger partial charge in [0.15, 0.2) is 0 Å². The molecular weight excluding hydrogens is 242 g/mol. The van der Waals surface area contributed by atoms with Crippen LogP contribution in [0.3, 0.4) is 0 Å². The van der Waals surface area contributed by atoms with Crippen molar-refractivity contribution in [3.8, 4) is 0 Å². The van der Waals surface area contributed by atoms with E-state index in [9.17, 15) is 9.59 Å². The molecule has 0 spiro atoms. The molecule has 19 heavy (non-hydrogen) atoms. The molecule has 1 aliphatic carbocycles. The maximum atomic E-state index is 11.9. The Bertz CT molecular complexity index is 308. The molecule has 108 valence electrons. The maximum Gasteiger partial charge on any atom is 0.317 e. The number of likely N-dealkylation sites (tertiary alicyclic amines) is 1. The summed E-state index contributed by atoms with van der Waals surface area (Å²) in [5.41, 5.74) is 0. The van der Waals surface area contributed by atoms with E-state index in [4.69, 9.17) is 0 Å². The van der Waals surface area contributed by atoms with Gasteiger partial charge in [0.1, 0.15) is 0 Å². The van der Waals surface area contributed by atoms with E-state index in [0.717, 1.165) is 45.2 Å². The number of rotatable bonds is 5. The van der Waals surface area contributed by atoms with Gasteiger partial charge in [-0.25, -0.2) is 4.79 Å². The molecule has 1 saturated heterocycles. The summed E-state index contributed by atoms with van der Waals surface area (Å²) < 4.78 is 0. The van der Waals surface area contributed by atoms with E-state index in [0.29, 0.717) is 19.0 Å². The molecule has 0 aromatic carbocycles. The van der Waals surface area contributed by atoms with Gasteiger partial charge < -0.3 is 15.5 Å². The molecule has 0 aromatic rings. The topological polar surface area (TPSA) is 61.4 Å². The fraction of sp³-hybridized carbons (Fsp3) is 0.857.